The minimum absolute atomic E-state index is 0.188. The molecule has 1 saturated heterocycles. The number of aryl methyl sites for hydroxylation is 3. The van der Waals surface area contributed by atoms with Crippen LogP contribution in [0.2, 0.25) is 0 Å². The van der Waals surface area contributed by atoms with E-state index in [0.29, 0.717) is 19.5 Å². The van der Waals surface area contributed by atoms with Crippen LogP contribution in [-0.2, 0) is 16.0 Å². The molecule has 1 aromatic carbocycles. The summed E-state index contributed by atoms with van der Waals surface area (Å²) in [5.41, 5.74) is 3.68. The van der Waals surface area contributed by atoms with Gasteiger partial charge in [-0.2, -0.15) is 0 Å². The minimum Gasteiger partial charge on any atom is -0.481 e. The second-order valence-electron chi connectivity index (χ2n) is 6.42. The van der Waals surface area contributed by atoms with Crippen LogP contribution in [0.5, 0.6) is 0 Å². The molecule has 1 fully saturated rings. The summed E-state index contributed by atoms with van der Waals surface area (Å²) < 4.78 is 0. The Bertz CT molecular complexity index is 525. The van der Waals surface area contributed by atoms with Crippen molar-refractivity contribution >= 4 is 11.9 Å². The highest BCUT2D eigenvalue weighted by Gasteiger charge is 2.23. The molecule has 1 aliphatic heterocycles. The van der Waals surface area contributed by atoms with Gasteiger partial charge in [0.2, 0.25) is 5.91 Å². The maximum Gasteiger partial charge on any atom is 0.303 e. The number of rotatable bonds is 5. The molecule has 1 aromatic rings. The van der Waals surface area contributed by atoms with Crippen molar-refractivity contribution in [3.63, 3.8) is 0 Å². The predicted octanol–water partition coefficient (Wildman–Crippen LogP) is 2.95. The van der Waals surface area contributed by atoms with Gasteiger partial charge in [0.1, 0.15) is 0 Å². The highest BCUT2D eigenvalue weighted by Crippen LogP contribution is 2.21. The molecule has 0 bridgehead atoms. The molecule has 0 spiro atoms. The molecule has 0 aromatic heterocycles. The standard InChI is InChI=1S/C18H25NO3/c1-13-9-14(2)11-16(10-13)3-4-17(20)19-7-5-15(6-8-19)12-18(21)22/h9-11,15H,3-8,12H2,1-2H3,(H,21,22). The van der Waals surface area contributed by atoms with Crippen LogP contribution in [0.3, 0.4) is 0 Å². The number of aliphatic carboxylic acids is 1. The average Bonchev–Trinajstić information content (AvgIpc) is 2.44. The van der Waals surface area contributed by atoms with E-state index in [-0.39, 0.29) is 18.2 Å². The van der Waals surface area contributed by atoms with Crippen LogP contribution >= 0.6 is 0 Å². The number of piperidine rings is 1. The lowest BCUT2D eigenvalue weighted by atomic mass is 9.93. The van der Waals surface area contributed by atoms with Gasteiger partial charge in [0.15, 0.2) is 0 Å². The van der Waals surface area contributed by atoms with Crippen LogP contribution in [0.25, 0.3) is 0 Å². The van der Waals surface area contributed by atoms with Crippen LogP contribution in [-0.4, -0.2) is 35.0 Å². The van der Waals surface area contributed by atoms with E-state index < -0.39 is 5.97 Å². The quantitative estimate of drug-likeness (QED) is 0.910. The second kappa shape index (κ2) is 7.43. The number of carboxylic acid groups (broad SMARTS) is 1. The fourth-order valence-electron chi connectivity index (χ4n) is 3.26. The minimum atomic E-state index is -0.736. The lowest BCUT2D eigenvalue weighted by Crippen LogP contribution is -2.39. The lowest BCUT2D eigenvalue weighted by Gasteiger charge is -2.31. The Labute approximate surface area is 132 Å². The Morgan fingerprint density at radius 1 is 1.14 bits per heavy atom. The smallest absolute Gasteiger partial charge is 0.303 e. The fraction of sp³-hybridized carbons (Fsp3) is 0.556. The van der Waals surface area contributed by atoms with E-state index in [4.69, 9.17) is 5.11 Å². The summed E-state index contributed by atoms with van der Waals surface area (Å²) in [4.78, 5) is 24.9. The number of hydrogen-bond donors (Lipinski definition) is 1. The van der Waals surface area contributed by atoms with Gasteiger partial charge in [0.05, 0.1) is 0 Å². The largest absolute Gasteiger partial charge is 0.481 e. The van der Waals surface area contributed by atoms with Gasteiger partial charge in [-0.25, -0.2) is 0 Å². The van der Waals surface area contributed by atoms with Gasteiger partial charge in [-0.05, 0) is 44.6 Å². The van der Waals surface area contributed by atoms with E-state index in [2.05, 4.69) is 32.0 Å². The zero-order valence-corrected chi connectivity index (χ0v) is 13.5. The molecule has 0 aliphatic carbocycles. The molecule has 4 nitrogen and oxygen atoms in total. The van der Waals surface area contributed by atoms with E-state index in [9.17, 15) is 9.59 Å². The second-order valence-corrected chi connectivity index (χ2v) is 6.42. The zero-order chi connectivity index (χ0) is 16.1. The highest BCUT2D eigenvalue weighted by molar-refractivity contribution is 5.76. The molecule has 0 unspecified atom stereocenters. The molecule has 0 radical (unpaired) electrons. The maximum atomic E-state index is 12.3. The molecule has 120 valence electrons. The Kier molecular flexibility index (Phi) is 5.58. The monoisotopic (exact) mass is 303 g/mol. The number of carbonyl (C=O) groups is 2. The van der Waals surface area contributed by atoms with Gasteiger partial charge >= 0.3 is 5.97 Å². The summed E-state index contributed by atoms with van der Waals surface area (Å²) in [5, 5.41) is 8.82. The molecule has 1 N–H and O–H groups in total. The van der Waals surface area contributed by atoms with E-state index in [1.165, 1.54) is 16.7 Å². The molecule has 4 heteroatoms. The normalized spacial score (nSPS) is 15.8. The Morgan fingerprint density at radius 2 is 1.73 bits per heavy atom. The van der Waals surface area contributed by atoms with Crippen molar-refractivity contribution < 1.29 is 14.7 Å². The van der Waals surface area contributed by atoms with Crippen molar-refractivity contribution in [2.45, 2.75) is 46.0 Å². The first kappa shape index (κ1) is 16.5. The van der Waals surface area contributed by atoms with Gasteiger partial charge in [0, 0.05) is 25.9 Å². The highest BCUT2D eigenvalue weighted by atomic mass is 16.4. The number of carbonyl (C=O) groups excluding carboxylic acids is 1. The van der Waals surface area contributed by atoms with Crippen molar-refractivity contribution in [3.05, 3.63) is 34.9 Å². The molecular weight excluding hydrogens is 278 g/mol. The average molecular weight is 303 g/mol. The van der Waals surface area contributed by atoms with Crippen LogP contribution < -0.4 is 0 Å². The molecule has 0 saturated carbocycles. The zero-order valence-electron chi connectivity index (χ0n) is 13.5. The molecule has 1 heterocycles. The first-order chi connectivity index (χ1) is 10.4. The lowest BCUT2D eigenvalue weighted by molar-refractivity contribution is -0.138. The first-order valence-corrected chi connectivity index (χ1v) is 8.01. The number of nitrogens with zero attached hydrogens (tertiary/aromatic N) is 1. The third-order valence-electron chi connectivity index (χ3n) is 4.34. The molecular formula is C18H25NO3. The SMILES string of the molecule is Cc1cc(C)cc(CCC(=O)N2CCC(CC(=O)O)CC2)c1. The van der Waals surface area contributed by atoms with Crippen molar-refractivity contribution in [3.8, 4) is 0 Å². The van der Waals surface area contributed by atoms with Crippen LogP contribution in [0.1, 0.15) is 42.4 Å². The van der Waals surface area contributed by atoms with Gasteiger partial charge in [-0.1, -0.05) is 29.3 Å². The van der Waals surface area contributed by atoms with E-state index >= 15 is 0 Å². The predicted molar refractivity (Wildman–Crippen MR) is 85.8 cm³/mol. The molecule has 1 aliphatic rings. The van der Waals surface area contributed by atoms with Crippen molar-refractivity contribution in [2.24, 2.45) is 5.92 Å². The number of hydrogen-bond acceptors (Lipinski definition) is 2. The summed E-state index contributed by atoms with van der Waals surface area (Å²) in [6.07, 6.45) is 3.15. The van der Waals surface area contributed by atoms with Crippen molar-refractivity contribution in [1.29, 1.82) is 0 Å². The van der Waals surface area contributed by atoms with E-state index in [1.54, 1.807) is 0 Å². The maximum absolute atomic E-state index is 12.3. The third-order valence-corrected chi connectivity index (χ3v) is 4.34. The van der Waals surface area contributed by atoms with E-state index in [0.717, 1.165) is 19.3 Å². The van der Waals surface area contributed by atoms with Crippen molar-refractivity contribution in [2.75, 3.05) is 13.1 Å². The summed E-state index contributed by atoms with van der Waals surface area (Å²) in [7, 11) is 0. The topological polar surface area (TPSA) is 57.6 Å². The van der Waals surface area contributed by atoms with Gasteiger partial charge < -0.3 is 10.0 Å². The van der Waals surface area contributed by atoms with Gasteiger partial charge in [-0.15, -0.1) is 0 Å². The summed E-state index contributed by atoms with van der Waals surface area (Å²) >= 11 is 0. The van der Waals surface area contributed by atoms with Crippen LogP contribution in [0, 0.1) is 19.8 Å². The number of likely N-dealkylation sites (tertiary alicyclic amines) is 1. The Hall–Kier alpha value is -1.84. The van der Waals surface area contributed by atoms with Crippen molar-refractivity contribution in [1.82, 2.24) is 4.90 Å². The summed E-state index contributed by atoms with van der Waals surface area (Å²) in [6, 6.07) is 6.41. The van der Waals surface area contributed by atoms with Gasteiger partial charge in [-0.3, -0.25) is 9.59 Å². The molecule has 2 rings (SSSR count). The van der Waals surface area contributed by atoms with Gasteiger partial charge in [0.25, 0.3) is 0 Å². The summed E-state index contributed by atoms with van der Waals surface area (Å²) in [5.74, 6) is -0.325. The van der Waals surface area contributed by atoms with Crippen LogP contribution in [0.4, 0.5) is 0 Å². The molecule has 1 amide bonds. The van der Waals surface area contributed by atoms with E-state index in [1.807, 2.05) is 4.90 Å². The third kappa shape index (κ3) is 4.86. The number of amides is 1. The Morgan fingerprint density at radius 3 is 2.27 bits per heavy atom. The fourth-order valence-corrected chi connectivity index (χ4v) is 3.26. The summed E-state index contributed by atoms with van der Waals surface area (Å²) in [6.45, 7) is 5.55. The van der Waals surface area contributed by atoms with Crippen LogP contribution in [0.15, 0.2) is 18.2 Å². The Balaban J connectivity index is 1.80. The number of carboxylic acids is 1. The molecule has 0 atom stereocenters. The number of benzene rings is 1. The molecule has 22 heavy (non-hydrogen) atoms. The first-order valence-electron chi connectivity index (χ1n) is 8.01.